The molecule has 7 nitrogen and oxygen atoms in total. The Hall–Kier alpha value is -1.63. The lowest BCUT2D eigenvalue weighted by atomic mass is 10.4. The third-order valence-corrected chi connectivity index (χ3v) is 2.48. The number of carbonyl (C=O) groups excluding carboxylic acids is 1. The van der Waals surface area contributed by atoms with Crippen LogP contribution in [0.1, 0.15) is 25.6 Å². The zero-order valence-corrected chi connectivity index (χ0v) is 9.90. The average Bonchev–Trinajstić information content (AvgIpc) is 2.71. The van der Waals surface area contributed by atoms with Crippen LogP contribution in [0.2, 0.25) is 0 Å². The molecule has 0 unspecified atom stereocenters. The molecule has 1 amide bonds. The van der Waals surface area contributed by atoms with E-state index < -0.39 is 6.09 Å². The van der Waals surface area contributed by atoms with Crippen molar-refractivity contribution in [3.8, 4) is 0 Å². The van der Waals surface area contributed by atoms with Gasteiger partial charge in [0.15, 0.2) is 0 Å². The van der Waals surface area contributed by atoms with Crippen LogP contribution in [-0.4, -0.2) is 34.0 Å². The van der Waals surface area contributed by atoms with Crippen molar-refractivity contribution < 1.29 is 9.53 Å². The van der Waals surface area contributed by atoms with E-state index in [0.29, 0.717) is 19.1 Å². The number of hydrogen-bond acceptors (Lipinski definition) is 5. The quantitative estimate of drug-likeness (QED) is 0.757. The molecule has 94 valence electrons. The maximum Gasteiger partial charge on any atom is 0.414 e. The van der Waals surface area contributed by atoms with E-state index in [1.165, 1.54) is 0 Å². The van der Waals surface area contributed by atoms with E-state index in [-0.39, 0.29) is 0 Å². The fourth-order valence-corrected chi connectivity index (χ4v) is 1.56. The van der Waals surface area contributed by atoms with Gasteiger partial charge in [0.1, 0.15) is 5.82 Å². The van der Waals surface area contributed by atoms with E-state index in [1.807, 2.05) is 6.92 Å². The highest BCUT2D eigenvalue weighted by molar-refractivity contribution is 5.82. The number of nitrogens with one attached hydrogen (secondary N) is 2. The van der Waals surface area contributed by atoms with Crippen LogP contribution in [-0.2, 0) is 17.8 Å². The molecule has 1 aliphatic heterocycles. The number of amides is 1. The normalized spacial score (nSPS) is 14.2. The molecule has 1 aliphatic rings. The fourth-order valence-electron chi connectivity index (χ4n) is 1.56. The van der Waals surface area contributed by atoms with Crippen molar-refractivity contribution in [1.29, 1.82) is 0 Å². The third kappa shape index (κ3) is 3.16. The average molecular weight is 239 g/mol. The van der Waals surface area contributed by atoms with Gasteiger partial charge in [-0.05, 0) is 6.42 Å². The van der Waals surface area contributed by atoms with Crippen LogP contribution in [0.5, 0.6) is 0 Å². The van der Waals surface area contributed by atoms with Crippen LogP contribution in [0.4, 0.5) is 10.7 Å². The molecule has 7 heteroatoms. The smallest absolute Gasteiger partial charge is 0.414 e. The van der Waals surface area contributed by atoms with Crippen molar-refractivity contribution in [3.63, 3.8) is 0 Å². The van der Waals surface area contributed by atoms with Crippen molar-refractivity contribution >= 4 is 12.0 Å². The summed E-state index contributed by atoms with van der Waals surface area (Å²) >= 11 is 0. The van der Waals surface area contributed by atoms with Gasteiger partial charge in [0.25, 0.3) is 5.95 Å². The van der Waals surface area contributed by atoms with Gasteiger partial charge >= 0.3 is 6.09 Å². The molecule has 0 atom stereocenters. The molecular weight excluding hydrogens is 222 g/mol. The summed E-state index contributed by atoms with van der Waals surface area (Å²) in [6.45, 7) is 4.79. The van der Waals surface area contributed by atoms with E-state index in [2.05, 4.69) is 20.7 Å². The molecule has 0 saturated carbocycles. The lowest BCUT2D eigenvalue weighted by molar-refractivity contribution is 0.159. The highest BCUT2D eigenvalue weighted by Gasteiger charge is 2.15. The summed E-state index contributed by atoms with van der Waals surface area (Å²) < 4.78 is 6.75. The highest BCUT2D eigenvalue weighted by atomic mass is 16.5. The second kappa shape index (κ2) is 5.62. The first-order chi connectivity index (χ1) is 8.29. The maximum atomic E-state index is 11.4. The Kier molecular flexibility index (Phi) is 3.92. The van der Waals surface area contributed by atoms with Crippen molar-refractivity contribution in [2.75, 3.05) is 18.5 Å². The predicted molar refractivity (Wildman–Crippen MR) is 61.6 cm³/mol. The van der Waals surface area contributed by atoms with E-state index in [1.54, 1.807) is 4.68 Å². The van der Waals surface area contributed by atoms with Gasteiger partial charge in [0, 0.05) is 6.54 Å². The number of carbonyl (C=O) groups is 1. The van der Waals surface area contributed by atoms with Crippen LogP contribution in [0.25, 0.3) is 0 Å². The highest BCUT2D eigenvalue weighted by Crippen LogP contribution is 2.06. The fraction of sp³-hybridized carbons (Fsp3) is 0.700. The van der Waals surface area contributed by atoms with Crippen molar-refractivity contribution in [1.82, 2.24) is 20.1 Å². The first-order valence-corrected chi connectivity index (χ1v) is 5.88. The molecule has 0 aromatic carbocycles. The number of nitrogens with zero attached hydrogens (tertiary/aromatic N) is 3. The zero-order chi connectivity index (χ0) is 12.1. The molecule has 17 heavy (non-hydrogen) atoms. The number of unbranched alkanes of at least 4 members (excludes halogenated alkanes) is 1. The van der Waals surface area contributed by atoms with Gasteiger partial charge in [-0.3, -0.25) is 5.32 Å². The summed E-state index contributed by atoms with van der Waals surface area (Å²) in [6, 6.07) is 0. The maximum absolute atomic E-state index is 11.4. The minimum Gasteiger partial charge on any atom is -0.449 e. The minimum atomic E-state index is -0.491. The minimum absolute atomic E-state index is 0.310. The molecule has 2 heterocycles. The number of aromatic nitrogens is 3. The van der Waals surface area contributed by atoms with Gasteiger partial charge in [-0.15, -0.1) is 5.10 Å². The summed E-state index contributed by atoms with van der Waals surface area (Å²) in [5.41, 5.74) is 0. The monoisotopic (exact) mass is 239 g/mol. The number of rotatable bonds is 4. The predicted octanol–water partition coefficient (Wildman–Crippen LogP) is 0.730. The Bertz CT molecular complexity index is 367. The standard InChI is InChI=1S/C10H17N5O2/c1-2-3-6-17-10(16)13-9-12-8-7-11-4-5-15(8)14-9/h11H,2-7H2,1H3,(H,13,14,16). The zero-order valence-electron chi connectivity index (χ0n) is 9.90. The number of fused-ring (bicyclic) bond motifs is 1. The van der Waals surface area contributed by atoms with Gasteiger partial charge in [-0.2, -0.15) is 4.98 Å². The van der Waals surface area contributed by atoms with E-state index in [0.717, 1.165) is 31.8 Å². The summed E-state index contributed by atoms with van der Waals surface area (Å²) in [5, 5.41) is 9.88. The van der Waals surface area contributed by atoms with Gasteiger partial charge in [0.05, 0.1) is 19.7 Å². The van der Waals surface area contributed by atoms with Gasteiger partial charge < -0.3 is 10.1 Å². The second-order valence-electron chi connectivity index (χ2n) is 3.87. The van der Waals surface area contributed by atoms with Crippen LogP contribution >= 0.6 is 0 Å². The Morgan fingerprint density at radius 1 is 1.65 bits per heavy atom. The van der Waals surface area contributed by atoms with Crippen molar-refractivity contribution in [2.24, 2.45) is 0 Å². The second-order valence-corrected chi connectivity index (χ2v) is 3.87. The summed E-state index contributed by atoms with van der Waals surface area (Å²) in [5.74, 6) is 1.14. The van der Waals surface area contributed by atoms with Crippen LogP contribution < -0.4 is 10.6 Å². The molecule has 0 bridgehead atoms. The SMILES string of the molecule is CCCCOC(=O)Nc1nc2n(n1)CCNC2. The molecule has 0 aliphatic carbocycles. The Balaban J connectivity index is 1.86. The van der Waals surface area contributed by atoms with Gasteiger partial charge in [-0.25, -0.2) is 9.48 Å². The topological polar surface area (TPSA) is 81.1 Å². The van der Waals surface area contributed by atoms with Crippen LogP contribution in [0.3, 0.4) is 0 Å². The molecule has 0 spiro atoms. The van der Waals surface area contributed by atoms with Crippen LogP contribution in [0, 0.1) is 0 Å². The van der Waals surface area contributed by atoms with E-state index in [4.69, 9.17) is 4.74 Å². The van der Waals surface area contributed by atoms with E-state index >= 15 is 0 Å². The molecule has 2 rings (SSSR count). The van der Waals surface area contributed by atoms with E-state index in [9.17, 15) is 4.79 Å². The Labute approximate surface area is 99.5 Å². The molecule has 1 aromatic heterocycles. The first kappa shape index (κ1) is 11.8. The van der Waals surface area contributed by atoms with Crippen LogP contribution in [0.15, 0.2) is 0 Å². The molecule has 2 N–H and O–H groups in total. The Morgan fingerprint density at radius 2 is 2.53 bits per heavy atom. The lowest BCUT2D eigenvalue weighted by Crippen LogP contribution is -2.28. The number of anilines is 1. The van der Waals surface area contributed by atoms with Gasteiger partial charge in [0.2, 0.25) is 0 Å². The van der Waals surface area contributed by atoms with Crippen molar-refractivity contribution in [3.05, 3.63) is 5.82 Å². The lowest BCUT2D eigenvalue weighted by Gasteiger charge is -2.11. The molecule has 0 radical (unpaired) electrons. The largest absolute Gasteiger partial charge is 0.449 e. The molecular formula is C10H17N5O2. The Morgan fingerprint density at radius 3 is 3.29 bits per heavy atom. The third-order valence-electron chi connectivity index (χ3n) is 2.48. The van der Waals surface area contributed by atoms with Gasteiger partial charge in [-0.1, -0.05) is 13.3 Å². The summed E-state index contributed by atoms with van der Waals surface area (Å²) in [6.07, 6.45) is 1.37. The number of ether oxygens (including phenoxy) is 1. The summed E-state index contributed by atoms with van der Waals surface area (Å²) in [4.78, 5) is 15.6. The molecule has 0 saturated heterocycles. The molecule has 0 fully saturated rings. The first-order valence-electron chi connectivity index (χ1n) is 5.88. The van der Waals surface area contributed by atoms with Crippen molar-refractivity contribution in [2.45, 2.75) is 32.9 Å². The number of hydrogen-bond donors (Lipinski definition) is 2. The molecule has 1 aromatic rings. The summed E-state index contributed by atoms with van der Waals surface area (Å²) in [7, 11) is 0.